The van der Waals surface area contributed by atoms with Gasteiger partial charge in [0.25, 0.3) is 0 Å². The van der Waals surface area contributed by atoms with Crippen LogP contribution in [0.1, 0.15) is 0 Å². The Bertz CT molecular complexity index is 3250. The van der Waals surface area contributed by atoms with Crippen molar-refractivity contribution < 1.29 is 19.1 Å². The lowest BCUT2D eigenvalue weighted by molar-refractivity contribution is -0.129. The van der Waals surface area contributed by atoms with Crippen LogP contribution in [-0.4, -0.2) is 11.9 Å². The van der Waals surface area contributed by atoms with Crippen LogP contribution in [0.5, 0.6) is 11.5 Å². The third-order valence-corrected chi connectivity index (χ3v) is 12.4. The molecule has 0 fully saturated rings. The number of carbonyl (C=O) groups is 2. The Morgan fingerprint density at radius 3 is 0.833 bits per heavy atom. The maximum Gasteiger partial charge on any atom is 0.335 e. The molecule has 10 rings (SSSR count). The highest BCUT2D eigenvalue weighted by molar-refractivity contribution is 5.89. The van der Waals surface area contributed by atoms with Crippen LogP contribution in [0.4, 0.5) is 34.1 Å². The Kier molecular flexibility index (Phi) is 13.6. The van der Waals surface area contributed by atoms with Crippen LogP contribution in [0, 0.1) is 0 Å². The maximum absolute atomic E-state index is 12.2. The Hall–Kier alpha value is -9.78. The molecule has 0 aliphatic rings. The fraction of sp³-hybridized carbons (Fsp3) is 0. The van der Waals surface area contributed by atoms with Gasteiger partial charge in [-0.15, -0.1) is 0 Å². The number of hydrogen-bond acceptors (Lipinski definition) is 6. The zero-order valence-electron chi connectivity index (χ0n) is 39.3. The summed E-state index contributed by atoms with van der Waals surface area (Å²) in [7, 11) is 0. The Balaban J connectivity index is 0.909. The fourth-order valence-electron chi connectivity index (χ4n) is 8.84. The second-order valence-corrected chi connectivity index (χ2v) is 16.9. The van der Waals surface area contributed by atoms with Crippen LogP contribution in [0.25, 0.3) is 55.6 Å². The van der Waals surface area contributed by atoms with E-state index in [0.29, 0.717) is 11.5 Å². The van der Waals surface area contributed by atoms with Crippen LogP contribution in [0.2, 0.25) is 0 Å². The summed E-state index contributed by atoms with van der Waals surface area (Å²) in [6, 6.07) is 86.7. The highest BCUT2D eigenvalue weighted by Gasteiger charge is 2.18. The molecular formula is C66H48N2O4. The SMILES string of the molecule is C=CC(=O)Oc1ccc(-c2ccc(N(c3ccccc3)c3ccc(-c4ccc(N(c5ccccc5)c5ccc(-c6ccc(OC(=O)C=C)c(-c7ccccc7)c6)cc5)cc4)cc3)cc2)cc1-c1ccccc1. The lowest BCUT2D eigenvalue weighted by Crippen LogP contribution is -2.10. The molecule has 0 saturated heterocycles. The second-order valence-electron chi connectivity index (χ2n) is 16.9. The first-order chi connectivity index (χ1) is 35.4. The van der Waals surface area contributed by atoms with Crippen molar-refractivity contribution in [1.29, 1.82) is 0 Å². The van der Waals surface area contributed by atoms with Crippen LogP contribution >= 0.6 is 0 Å². The van der Waals surface area contributed by atoms with Crippen LogP contribution in [0.3, 0.4) is 0 Å². The zero-order valence-corrected chi connectivity index (χ0v) is 39.3. The van der Waals surface area contributed by atoms with Gasteiger partial charge in [-0.25, -0.2) is 9.59 Å². The number of para-hydroxylation sites is 2. The third-order valence-electron chi connectivity index (χ3n) is 12.4. The largest absolute Gasteiger partial charge is 0.423 e. The molecule has 0 aliphatic carbocycles. The first-order valence-corrected chi connectivity index (χ1v) is 23.6. The predicted octanol–water partition coefficient (Wildman–Crippen LogP) is 17.1. The lowest BCUT2D eigenvalue weighted by Gasteiger charge is -2.26. The second kappa shape index (κ2) is 21.2. The summed E-state index contributed by atoms with van der Waals surface area (Å²) in [4.78, 5) is 28.9. The predicted molar refractivity (Wildman–Crippen MR) is 295 cm³/mol. The molecule has 10 aromatic rings. The molecule has 0 atom stereocenters. The Labute approximate surface area is 420 Å². The number of anilines is 6. The molecule has 72 heavy (non-hydrogen) atoms. The van der Waals surface area contributed by atoms with Crippen molar-refractivity contribution in [2.45, 2.75) is 0 Å². The van der Waals surface area contributed by atoms with Gasteiger partial charge >= 0.3 is 11.9 Å². The lowest BCUT2D eigenvalue weighted by atomic mass is 9.97. The minimum atomic E-state index is -0.503. The number of hydrogen-bond donors (Lipinski definition) is 0. The van der Waals surface area contributed by atoms with E-state index in [0.717, 1.165) is 89.8 Å². The summed E-state index contributed by atoms with van der Waals surface area (Å²) < 4.78 is 11.3. The molecular weight excluding hydrogens is 885 g/mol. The quantitative estimate of drug-likeness (QED) is 0.0580. The van der Waals surface area contributed by atoms with Gasteiger partial charge in [-0.1, -0.05) is 171 Å². The van der Waals surface area contributed by atoms with Gasteiger partial charge in [0.1, 0.15) is 11.5 Å². The average molecular weight is 933 g/mol. The summed E-state index contributed by atoms with van der Waals surface area (Å²) in [6.45, 7) is 7.14. The number of ether oxygens (including phenoxy) is 2. The van der Waals surface area contributed by atoms with Crippen molar-refractivity contribution in [3.63, 3.8) is 0 Å². The van der Waals surface area contributed by atoms with Crippen LogP contribution < -0.4 is 19.3 Å². The fourth-order valence-corrected chi connectivity index (χ4v) is 8.84. The van der Waals surface area contributed by atoms with Crippen LogP contribution in [0.15, 0.2) is 280 Å². The molecule has 0 aliphatic heterocycles. The van der Waals surface area contributed by atoms with E-state index < -0.39 is 11.9 Å². The van der Waals surface area contributed by atoms with E-state index in [-0.39, 0.29) is 0 Å². The Morgan fingerprint density at radius 2 is 0.542 bits per heavy atom. The number of rotatable bonds is 15. The number of nitrogens with zero attached hydrogens (tertiary/aromatic N) is 2. The minimum Gasteiger partial charge on any atom is -0.423 e. The van der Waals surface area contributed by atoms with Gasteiger partial charge in [0.05, 0.1) is 0 Å². The van der Waals surface area contributed by atoms with E-state index in [1.807, 2.05) is 97.1 Å². The van der Waals surface area contributed by atoms with Gasteiger partial charge in [-0.3, -0.25) is 0 Å². The molecule has 0 bridgehead atoms. The van der Waals surface area contributed by atoms with E-state index in [2.05, 4.69) is 181 Å². The molecule has 0 spiro atoms. The van der Waals surface area contributed by atoms with Gasteiger partial charge in [-0.05, 0) is 142 Å². The monoisotopic (exact) mass is 932 g/mol. The summed E-state index contributed by atoms with van der Waals surface area (Å²) in [6.07, 6.45) is 2.35. The number of benzene rings is 10. The molecule has 0 N–H and O–H groups in total. The van der Waals surface area contributed by atoms with Gasteiger partial charge < -0.3 is 19.3 Å². The first-order valence-electron chi connectivity index (χ1n) is 23.6. The number of carbonyl (C=O) groups excluding carboxylic acids is 2. The van der Waals surface area contributed by atoms with E-state index in [1.54, 1.807) is 0 Å². The molecule has 6 heteroatoms. The van der Waals surface area contributed by atoms with Crippen LogP contribution in [-0.2, 0) is 9.59 Å². The van der Waals surface area contributed by atoms with Gasteiger partial charge in [0.15, 0.2) is 0 Å². The van der Waals surface area contributed by atoms with E-state index >= 15 is 0 Å². The molecule has 0 amide bonds. The highest BCUT2D eigenvalue weighted by atomic mass is 16.5. The molecule has 6 nitrogen and oxygen atoms in total. The molecule has 0 saturated carbocycles. The van der Waals surface area contributed by atoms with Crippen molar-refractivity contribution in [3.8, 4) is 67.1 Å². The smallest absolute Gasteiger partial charge is 0.335 e. The summed E-state index contributed by atoms with van der Waals surface area (Å²) in [5.41, 5.74) is 15.9. The molecule has 0 aromatic heterocycles. The van der Waals surface area contributed by atoms with Crippen molar-refractivity contribution in [2.24, 2.45) is 0 Å². The van der Waals surface area contributed by atoms with Crippen molar-refractivity contribution >= 4 is 46.1 Å². The Morgan fingerprint density at radius 1 is 0.292 bits per heavy atom. The number of esters is 2. The van der Waals surface area contributed by atoms with E-state index in [4.69, 9.17) is 9.47 Å². The molecule has 0 unspecified atom stereocenters. The normalized spacial score (nSPS) is 10.7. The average Bonchev–Trinajstić information content (AvgIpc) is 3.45. The summed E-state index contributed by atoms with van der Waals surface area (Å²) in [5.74, 6) is -0.0471. The zero-order chi connectivity index (χ0) is 49.2. The van der Waals surface area contributed by atoms with E-state index in [9.17, 15) is 9.59 Å². The third kappa shape index (κ3) is 10.2. The van der Waals surface area contributed by atoms with E-state index in [1.165, 1.54) is 12.2 Å². The molecule has 10 aromatic carbocycles. The minimum absolute atomic E-state index is 0.479. The van der Waals surface area contributed by atoms with Gasteiger partial charge in [0, 0.05) is 57.4 Å². The summed E-state index contributed by atoms with van der Waals surface area (Å²) in [5, 5.41) is 0. The van der Waals surface area contributed by atoms with Crippen molar-refractivity contribution in [2.75, 3.05) is 9.80 Å². The van der Waals surface area contributed by atoms with Crippen molar-refractivity contribution in [1.82, 2.24) is 0 Å². The topological polar surface area (TPSA) is 59.1 Å². The highest BCUT2D eigenvalue weighted by Crippen LogP contribution is 2.41. The maximum atomic E-state index is 12.2. The summed E-state index contributed by atoms with van der Waals surface area (Å²) >= 11 is 0. The molecule has 0 radical (unpaired) electrons. The van der Waals surface area contributed by atoms with Gasteiger partial charge in [0.2, 0.25) is 0 Å². The van der Waals surface area contributed by atoms with Gasteiger partial charge in [-0.2, -0.15) is 0 Å². The molecule has 0 heterocycles. The molecule has 346 valence electrons. The van der Waals surface area contributed by atoms with Crippen molar-refractivity contribution in [3.05, 3.63) is 280 Å². The standard InChI is InChI=1S/C66H48N2O4/c1-3-65(69)71-63-43-33-53(45-61(63)51-17-9-5-10-18-51)49-29-39-59(40-30-49)67(55-21-13-7-14-22-55)57-35-25-47(26-36-57)48-27-37-58(38-28-48)68(56-23-15-8-16-24-56)60-41-31-50(32-42-60)54-34-44-64(72-66(70)4-2)62(46-54)52-19-11-6-12-20-52/h3-46H,1-2H2. The first kappa shape index (κ1) is 46.0.